The lowest BCUT2D eigenvalue weighted by molar-refractivity contribution is -0.155. The number of carbonyl (C=O) groups excluding carboxylic acids is 6. The molecule has 4 N–H and O–H groups in total. The van der Waals surface area contributed by atoms with E-state index in [2.05, 4.69) is 21.3 Å². The van der Waals surface area contributed by atoms with E-state index >= 15 is 0 Å². The maximum Gasteiger partial charge on any atom is 0.407 e. The topological polar surface area (TPSA) is 178 Å². The van der Waals surface area contributed by atoms with Crippen LogP contribution in [0.2, 0.25) is 0 Å². The third-order valence-corrected chi connectivity index (χ3v) is 13.2. The number of nitrogens with one attached hydrogen (secondary N) is 4. The van der Waals surface area contributed by atoms with E-state index < -0.39 is 70.8 Å². The van der Waals surface area contributed by atoms with Gasteiger partial charge in [0.1, 0.15) is 36.9 Å². The number of benzene rings is 5. The Kier molecular flexibility index (Phi) is 17.8. The van der Waals surface area contributed by atoms with Crippen LogP contribution in [0.25, 0.3) is 11.1 Å². The number of rotatable bonds is 21. The minimum atomic E-state index is -1.35. The van der Waals surface area contributed by atoms with Crippen LogP contribution in [0.3, 0.4) is 0 Å². The van der Waals surface area contributed by atoms with Crippen molar-refractivity contribution >= 4 is 47.5 Å². The highest BCUT2D eigenvalue weighted by Gasteiger charge is 2.40. The molecule has 1 aliphatic carbocycles. The summed E-state index contributed by atoms with van der Waals surface area (Å²) in [7, 11) is 1.22. The van der Waals surface area contributed by atoms with E-state index in [0.29, 0.717) is 0 Å². The number of amides is 4. The lowest BCUT2D eigenvalue weighted by Gasteiger charge is -2.36. The van der Waals surface area contributed by atoms with Crippen LogP contribution in [-0.4, -0.2) is 85.5 Å². The maximum atomic E-state index is 14.8. The Balaban J connectivity index is 1.27. The Hall–Kier alpha value is -6.93. The largest absolute Gasteiger partial charge is 0.467 e. The van der Waals surface area contributed by atoms with Crippen LogP contribution >= 0.6 is 11.8 Å². The van der Waals surface area contributed by atoms with Crippen molar-refractivity contribution in [3.05, 3.63) is 167 Å². The van der Waals surface area contributed by atoms with E-state index in [4.69, 9.17) is 14.2 Å². The summed E-state index contributed by atoms with van der Waals surface area (Å²) in [5.74, 6) is -3.70. The molecular formula is C55H62N4O9S. The van der Waals surface area contributed by atoms with Crippen LogP contribution in [-0.2, 0) is 42.9 Å². The molecule has 1 aliphatic rings. The number of thioether (sulfide) groups is 1. The number of fused-ring (bicyclic) bond motifs is 3. The van der Waals surface area contributed by atoms with Gasteiger partial charge in [-0.25, -0.2) is 9.59 Å². The highest BCUT2D eigenvalue weighted by Crippen LogP contribution is 2.49. The van der Waals surface area contributed by atoms with Gasteiger partial charge in [0.15, 0.2) is 0 Å². The summed E-state index contributed by atoms with van der Waals surface area (Å²) in [5, 5.41) is 10.9. The number of alkyl carbamates (subject to hydrolysis) is 1. The zero-order valence-corrected chi connectivity index (χ0v) is 40.8. The van der Waals surface area contributed by atoms with Gasteiger partial charge in [-0.3, -0.25) is 19.2 Å². The first-order valence-corrected chi connectivity index (χ1v) is 24.2. The summed E-state index contributed by atoms with van der Waals surface area (Å²) in [6, 6.07) is 41.6. The molecule has 362 valence electrons. The molecule has 0 spiro atoms. The number of carbonyl (C=O) groups is 6. The number of esters is 2. The summed E-state index contributed by atoms with van der Waals surface area (Å²) in [6.45, 7) is 8.43. The Labute approximate surface area is 408 Å². The summed E-state index contributed by atoms with van der Waals surface area (Å²) >= 11 is 1.40. The van der Waals surface area contributed by atoms with Gasteiger partial charge in [-0.05, 0) is 78.5 Å². The van der Waals surface area contributed by atoms with Crippen molar-refractivity contribution in [1.82, 2.24) is 21.3 Å². The molecule has 0 unspecified atom stereocenters. The lowest BCUT2D eigenvalue weighted by Crippen LogP contribution is -2.57. The van der Waals surface area contributed by atoms with Gasteiger partial charge in [-0.15, -0.1) is 11.8 Å². The fourth-order valence-electron chi connectivity index (χ4n) is 8.50. The Morgan fingerprint density at radius 3 is 1.59 bits per heavy atom. The minimum absolute atomic E-state index is 0.0121. The first-order valence-electron chi connectivity index (χ1n) is 23.2. The van der Waals surface area contributed by atoms with Crippen molar-refractivity contribution < 1.29 is 43.0 Å². The molecule has 0 radical (unpaired) electrons. The second kappa shape index (κ2) is 23.9. The highest BCUT2D eigenvalue weighted by atomic mass is 32.2. The first kappa shape index (κ1) is 51.5. The van der Waals surface area contributed by atoms with Gasteiger partial charge < -0.3 is 35.5 Å². The summed E-state index contributed by atoms with van der Waals surface area (Å²) < 4.78 is 15.3. The van der Waals surface area contributed by atoms with Crippen molar-refractivity contribution in [2.45, 2.75) is 88.3 Å². The SMILES string of the molecule is COC(=O)[C@H](CC(C)C)NC(=O)[C@H](CCC(=O)OC(C)(C)C)NC(=O)[C@H](CSC(c1ccccc1)(c1ccccc1)c1ccccc1)NC(=O)CNC(=O)OCC1c2ccccc2-c2ccccc21. The van der Waals surface area contributed by atoms with E-state index in [9.17, 15) is 28.8 Å². The average Bonchev–Trinajstić information content (AvgIpc) is 3.66. The maximum absolute atomic E-state index is 14.8. The number of methoxy groups -OCH3 is 1. The van der Waals surface area contributed by atoms with Crippen LogP contribution in [0.5, 0.6) is 0 Å². The van der Waals surface area contributed by atoms with Crippen molar-refractivity contribution in [3.8, 4) is 11.1 Å². The molecule has 4 amide bonds. The number of hydrogen-bond acceptors (Lipinski definition) is 10. The zero-order valence-electron chi connectivity index (χ0n) is 40.0. The summed E-state index contributed by atoms with van der Waals surface area (Å²) in [4.78, 5) is 81.9. The monoisotopic (exact) mass is 954 g/mol. The summed E-state index contributed by atoms with van der Waals surface area (Å²) in [5.41, 5.74) is 6.12. The van der Waals surface area contributed by atoms with Gasteiger partial charge >= 0.3 is 18.0 Å². The molecule has 5 aromatic carbocycles. The van der Waals surface area contributed by atoms with Crippen LogP contribution in [0.1, 0.15) is 87.6 Å². The fourth-order valence-corrected chi connectivity index (χ4v) is 10.1. The molecule has 0 aromatic heterocycles. The average molecular weight is 955 g/mol. The molecule has 3 atom stereocenters. The molecule has 13 nitrogen and oxygen atoms in total. The van der Waals surface area contributed by atoms with E-state index in [1.165, 1.54) is 18.9 Å². The standard InChI is InChI=1S/C55H62N4O9S/c1-36(2)32-46(52(64)66-6)59-50(62)45(30-31-49(61)68-54(3,4)5)58-51(63)47(35-69-55(37-20-10-7-11-21-37,38-22-12-8-13-23-38)39-24-14-9-15-25-39)57-48(60)33-56-53(65)67-34-44-42-28-18-16-26-40(42)41-27-17-19-29-43(41)44/h7-29,36,44-47H,30-35H2,1-6H3,(H,56,65)(H,57,60)(H,58,63)(H,59,62)/t45-,46-,47-/m0/s1. The number of ether oxygens (including phenoxy) is 3. The Morgan fingerprint density at radius 1 is 0.623 bits per heavy atom. The van der Waals surface area contributed by atoms with Gasteiger partial charge in [-0.1, -0.05) is 153 Å². The van der Waals surface area contributed by atoms with Gasteiger partial charge in [0, 0.05) is 18.1 Å². The quantitative estimate of drug-likeness (QED) is 0.0320. The van der Waals surface area contributed by atoms with E-state index in [1.54, 1.807) is 20.8 Å². The van der Waals surface area contributed by atoms with Crippen LogP contribution < -0.4 is 21.3 Å². The molecular weight excluding hydrogens is 893 g/mol. The molecule has 69 heavy (non-hydrogen) atoms. The van der Waals surface area contributed by atoms with Gasteiger partial charge in [0.2, 0.25) is 17.7 Å². The lowest BCUT2D eigenvalue weighted by atomic mass is 9.84. The zero-order chi connectivity index (χ0) is 49.6. The Bertz CT molecular complexity index is 2410. The predicted molar refractivity (Wildman–Crippen MR) is 267 cm³/mol. The second-order valence-corrected chi connectivity index (χ2v) is 19.5. The normalized spacial score (nSPS) is 13.4. The molecule has 0 bridgehead atoms. The second-order valence-electron chi connectivity index (χ2n) is 18.3. The van der Waals surface area contributed by atoms with Gasteiger partial charge in [-0.2, -0.15) is 0 Å². The van der Waals surface area contributed by atoms with Crippen molar-refractivity contribution in [2.75, 3.05) is 26.0 Å². The highest BCUT2D eigenvalue weighted by molar-refractivity contribution is 8.00. The van der Waals surface area contributed by atoms with Gasteiger partial charge in [0.25, 0.3) is 0 Å². The molecule has 14 heteroatoms. The molecule has 6 rings (SSSR count). The Morgan fingerprint density at radius 2 is 1.10 bits per heavy atom. The number of hydrogen-bond donors (Lipinski definition) is 4. The third-order valence-electron chi connectivity index (χ3n) is 11.6. The summed E-state index contributed by atoms with van der Waals surface area (Å²) in [6.07, 6.45) is -1.02. The molecule has 0 fully saturated rings. The first-order chi connectivity index (χ1) is 33.1. The van der Waals surface area contributed by atoms with Crippen molar-refractivity contribution in [3.63, 3.8) is 0 Å². The fraction of sp³-hybridized carbons (Fsp3) is 0.345. The van der Waals surface area contributed by atoms with Gasteiger partial charge in [0.05, 0.1) is 11.9 Å². The van der Waals surface area contributed by atoms with Crippen LogP contribution in [0, 0.1) is 5.92 Å². The predicted octanol–water partition coefficient (Wildman–Crippen LogP) is 8.05. The van der Waals surface area contributed by atoms with Crippen molar-refractivity contribution in [1.29, 1.82) is 0 Å². The molecule has 0 heterocycles. The van der Waals surface area contributed by atoms with E-state index in [1.807, 2.05) is 153 Å². The molecule has 0 saturated heterocycles. The van der Waals surface area contributed by atoms with E-state index in [0.717, 1.165) is 38.9 Å². The van der Waals surface area contributed by atoms with E-state index in [-0.39, 0.29) is 43.5 Å². The van der Waals surface area contributed by atoms with Crippen LogP contribution in [0.15, 0.2) is 140 Å². The smallest absolute Gasteiger partial charge is 0.407 e. The van der Waals surface area contributed by atoms with Crippen molar-refractivity contribution in [2.24, 2.45) is 5.92 Å². The molecule has 5 aromatic rings. The molecule has 0 saturated carbocycles. The molecule has 0 aliphatic heterocycles. The third kappa shape index (κ3) is 13.6. The van der Waals surface area contributed by atoms with Crippen LogP contribution in [0.4, 0.5) is 4.79 Å². The minimum Gasteiger partial charge on any atom is -0.467 e.